The highest BCUT2D eigenvalue weighted by atomic mass is 16.5. The SMILES string of the molecule is COc1ccc(-c2nccn2C(C)C)cc1-c1cc(N)ccn1. The van der Waals surface area contributed by atoms with Crippen LogP contribution in [-0.2, 0) is 0 Å². The van der Waals surface area contributed by atoms with E-state index in [1.807, 2.05) is 36.7 Å². The molecule has 0 atom stereocenters. The molecular formula is C18H20N4O. The van der Waals surface area contributed by atoms with Gasteiger partial charge in [0, 0.05) is 41.4 Å². The van der Waals surface area contributed by atoms with Crippen molar-refractivity contribution in [2.45, 2.75) is 19.9 Å². The van der Waals surface area contributed by atoms with Crippen LogP contribution >= 0.6 is 0 Å². The van der Waals surface area contributed by atoms with Crippen LogP contribution in [0.5, 0.6) is 5.75 Å². The van der Waals surface area contributed by atoms with E-state index in [-0.39, 0.29) is 0 Å². The van der Waals surface area contributed by atoms with Gasteiger partial charge in [0.2, 0.25) is 0 Å². The number of aromatic nitrogens is 3. The number of anilines is 1. The van der Waals surface area contributed by atoms with Crippen molar-refractivity contribution in [3.63, 3.8) is 0 Å². The average molecular weight is 308 g/mol. The summed E-state index contributed by atoms with van der Waals surface area (Å²) in [4.78, 5) is 8.90. The maximum Gasteiger partial charge on any atom is 0.140 e. The number of benzene rings is 1. The summed E-state index contributed by atoms with van der Waals surface area (Å²) in [6, 6.07) is 9.94. The Morgan fingerprint density at radius 1 is 1.09 bits per heavy atom. The van der Waals surface area contributed by atoms with Crippen LogP contribution in [0.25, 0.3) is 22.6 Å². The van der Waals surface area contributed by atoms with E-state index in [2.05, 4.69) is 28.4 Å². The van der Waals surface area contributed by atoms with Crippen molar-refractivity contribution in [2.24, 2.45) is 0 Å². The molecule has 2 heterocycles. The number of pyridine rings is 1. The summed E-state index contributed by atoms with van der Waals surface area (Å²) in [5.41, 5.74) is 9.26. The fourth-order valence-electron chi connectivity index (χ4n) is 2.59. The van der Waals surface area contributed by atoms with E-state index in [1.165, 1.54) is 0 Å². The highest BCUT2D eigenvalue weighted by molar-refractivity contribution is 5.75. The fraction of sp³-hybridized carbons (Fsp3) is 0.222. The normalized spacial score (nSPS) is 11.0. The maximum atomic E-state index is 5.89. The predicted octanol–water partition coefficient (Wildman–Crippen LogP) is 3.78. The van der Waals surface area contributed by atoms with Gasteiger partial charge in [0.05, 0.1) is 12.8 Å². The third-order valence-electron chi connectivity index (χ3n) is 3.74. The van der Waals surface area contributed by atoms with Gasteiger partial charge in [0.25, 0.3) is 0 Å². The lowest BCUT2D eigenvalue weighted by Gasteiger charge is -2.14. The molecule has 0 amide bonds. The number of hydrogen-bond acceptors (Lipinski definition) is 4. The Hall–Kier alpha value is -2.82. The molecule has 1 aromatic carbocycles. The summed E-state index contributed by atoms with van der Waals surface area (Å²) in [5.74, 6) is 1.68. The van der Waals surface area contributed by atoms with Crippen molar-refractivity contribution in [1.29, 1.82) is 0 Å². The van der Waals surface area contributed by atoms with Gasteiger partial charge in [-0.25, -0.2) is 4.98 Å². The first-order chi connectivity index (χ1) is 11.1. The van der Waals surface area contributed by atoms with E-state index >= 15 is 0 Å². The topological polar surface area (TPSA) is 66.0 Å². The van der Waals surface area contributed by atoms with Crippen molar-refractivity contribution in [1.82, 2.24) is 14.5 Å². The molecule has 23 heavy (non-hydrogen) atoms. The fourth-order valence-corrected chi connectivity index (χ4v) is 2.59. The Labute approximate surface area is 135 Å². The number of imidazole rings is 1. The molecule has 2 aromatic heterocycles. The molecular weight excluding hydrogens is 288 g/mol. The molecule has 0 unspecified atom stereocenters. The van der Waals surface area contributed by atoms with Crippen LogP contribution in [-0.4, -0.2) is 21.6 Å². The molecule has 0 bridgehead atoms. The smallest absolute Gasteiger partial charge is 0.140 e. The summed E-state index contributed by atoms with van der Waals surface area (Å²) in [7, 11) is 1.65. The number of nitrogens with two attached hydrogens (primary N) is 1. The average Bonchev–Trinajstić information content (AvgIpc) is 3.04. The zero-order valence-corrected chi connectivity index (χ0v) is 13.5. The van der Waals surface area contributed by atoms with Crippen molar-refractivity contribution >= 4 is 5.69 Å². The Morgan fingerprint density at radius 2 is 1.91 bits per heavy atom. The number of hydrogen-bond donors (Lipinski definition) is 1. The van der Waals surface area contributed by atoms with Crippen LogP contribution in [0.4, 0.5) is 5.69 Å². The third-order valence-corrected chi connectivity index (χ3v) is 3.74. The molecule has 0 radical (unpaired) electrons. The van der Waals surface area contributed by atoms with Crippen molar-refractivity contribution in [2.75, 3.05) is 12.8 Å². The zero-order chi connectivity index (χ0) is 16.4. The number of ether oxygens (including phenoxy) is 1. The first kappa shape index (κ1) is 15.1. The van der Waals surface area contributed by atoms with Gasteiger partial charge >= 0.3 is 0 Å². The van der Waals surface area contributed by atoms with E-state index in [0.29, 0.717) is 11.7 Å². The molecule has 0 aliphatic heterocycles. The molecule has 5 nitrogen and oxygen atoms in total. The largest absolute Gasteiger partial charge is 0.496 e. The molecule has 2 N–H and O–H groups in total. The number of nitrogen functional groups attached to an aromatic ring is 1. The second kappa shape index (κ2) is 6.12. The maximum absolute atomic E-state index is 5.89. The van der Waals surface area contributed by atoms with Crippen molar-refractivity contribution in [3.05, 3.63) is 48.9 Å². The number of methoxy groups -OCH3 is 1. The van der Waals surface area contributed by atoms with Gasteiger partial charge in [-0.05, 0) is 44.2 Å². The second-order valence-electron chi connectivity index (χ2n) is 5.64. The van der Waals surface area contributed by atoms with E-state index in [9.17, 15) is 0 Å². The van der Waals surface area contributed by atoms with Crippen molar-refractivity contribution < 1.29 is 4.74 Å². The lowest BCUT2D eigenvalue weighted by atomic mass is 10.0. The van der Waals surface area contributed by atoms with E-state index < -0.39 is 0 Å². The molecule has 5 heteroatoms. The Morgan fingerprint density at radius 3 is 2.61 bits per heavy atom. The Kier molecular flexibility index (Phi) is 4.02. The van der Waals surface area contributed by atoms with Crippen LogP contribution < -0.4 is 10.5 Å². The van der Waals surface area contributed by atoms with Gasteiger partial charge in [0.15, 0.2) is 0 Å². The minimum Gasteiger partial charge on any atom is -0.496 e. The molecule has 0 saturated carbocycles. The van der Waals surface area contributed by atoms with Gasteiger partial charge in [0.1, 0.15) is 11.6 Å². The minimum atomic E-state index is 0.337. The summed E-state index contributed by atoms with van der Waals surface area (Å²) in [5, 5.41) is 0. The summed E-state index contributed by atoms with van der Waals surface area (Å²) >= 11 is 0. The zero-order valence-electron chi connectivity index (χ0n) is 13.5. The quantitative estimate of drug-likeness (QED) is 0.796. The summed E-state index contributed by atoms with van der Waals surface area (Å²) in [6.07, 6.45) is 5.51. The standard InChI is InChI=1S/C18H20N4O/c1-12(2)22-9-8-21-18(22)13-4-5-17(23-3)15(10-13)16-11-14(19)6-7-20-16/h4-12H,1-3H3,(H2,19,20). The van der Waals surface area contributed by atoms with Gasteiger partial charge in [-0.1, -0.05) is 0 Å². The number of nitrogens with zero attached hydrogens (tertiary/aromatic N) is 3. The van der Waals surface area contributed by atoms with E-state index in [4.69, 9.17) is 10.5 Å². The first-order valence-corrected chi connectivity index (χ1v) is 7.53. The van der Waals surface area contributed by atoms with E-state index in [1.54, 1.807) is 19.4 Å². The molecule has 0 fully saturated rings. The molecule has 0 aliphatic carbocycles. The highest BCUT2D eigenvalue weighted by Gasteiger charge is 2.13. The monoisotopic (exact) mass is 308 g/mol. The molecule has 0 aliphatic rings. The third kappa shape index (κ3) is 2.90. The summed E-state index contributed by atoms with van der Waals surface area (Å²) < 4.78 is 7.62. The lowest BCUT2D eigenvalue weighted by Crippen LogP contribution is -2.02. The second-order valence-corrected chi connectivity index (χ2v) is 5.64. The molecule has 3 aromatic rings. The molecule has 118 valence electrons. The molecule has 0 saturated heterocycles. The number of rotatable bonds is 4. The molecule has 3 rings (SSSR count). The van der Waals surface area contributed by atoms with Gasteiger partial charge in [-0.2, -0.15) is 0 Å². The van der Waals surface area contributed by atoms with Crippen molar-refractivity contribution in [3.8, 4) is 28.4 Å². The van der Waals surface area contributed by atoms with Crippen LogP contribution in [0, 0.1) is 0 Å². The minimum absolute atomic E-state index is 0.337. The van der Waals surface area contributed by atoms with E-state index in [0.717, 1.165) is 28.4 Å². The lowest BCUT2D eigenvalue weighted by molar-refractivity contribution is 0.416. The predicted molar refractivity (Wildman–Crippen MR) is 92.2 cm³/mol. The van der Waals surface area contributed by atoms with Crippen LogP contribution in [0.2, 0.25) is 0 Å². The van der Waals surface area contributed by atoms with Gasteiger partial charge in [-0.15, -0.1) is 0 Å². The Balaban J connectivity index is 2.15. The van der Waals surface area contributed by atoms with Crippen LogP contribution in [0.15, 0.2) is 48.9 Å². The van der Waals surface area contributed by atoms with Gasteiger partial charge < -0.3 is 15.0 Å². The first-order valence-electron chi connectivity index (χ1n) is 7.53. The van der Waals surface area contributed by atoms with Crippen LogP contribution in [0.1, 0.15) is 19.9 Å². The van der Waals surface area contributed by atoms with Gasteiger partial charge in [-0.3, -0.25) is 4.98 Å². The van der Waals surface area contributed by atoms with Crippen LogP contribution in [0.3, 0.4) is 0 Å². The molecule has 0 spiro atoms. The Bertz CT molecular complexity index is 823. The highest BCUT2D eigenvalue weighted by Crippen LogP contribution is 2.34. The summed E-state index contributed by atoms with van der Waals surface area (Å²) in [6.45, 7) is 4.27.